The van der Waals surface area contributed by atoms with Gasteiger partial charge in [0.2, 0.25) is 0 Å². The van der Waals surface area contributed by atoms with Crippen molar-refractivity contribution in [2.24, 2.45) is 0 Å². The quantitative estimate of drug-likeness (QED) is 0.0855. The molecule has 0 aliphatic carbocycles. The summed E-state index contributed by atoms with van der Waals surface area (Å²) in [6.45, 7) is 11.1. The van der Waals surface area contributed by atoms with Gasteiger partial charge in [0.25, 0.3) is 0 Å². The fraction of sp³-hybridized carbons (Fsp3) is 1.00. The first-order valence-corrected chi connectivity index (χ1v) is 18.2. The Morgan fingerprint density at radius 1 is 0.469 bits per heavy atom. The number of unbranched alkanes of at least 4 members (excludes halogenated alkanes) is 12. The second-order valence-electron chi connectivity index (χ2n) is 9.74. The summed E-state index contributed by atoms with van der Waals surface area (Å²) in [5.74, 6) is -0.243. The molecule has 0 fully saturated rings. The van der Waals surface area contributed by atoms with Crippen molar-refractivity contribution in [3.63, 3.8) is 0 Å². The normalized spacial score (nSPS) is 11.9. The van der Waals surface area contributed by atoms with Crippen LogP contribution in [-0.4, -0.2) is 43.4 Å². The van der Waals surface area contributed by atoms with Gasteiger partial charge in [0.1, 0.15) is 0 Å². The molecule has 0 heterocycles. The van der Waals surface area contributed by atoms with E-state index in [2.05, 4.69) is 27.7 Å². The van der Waals surface area contributed by atoms with Gasteiger partial charge in [0, 0.05) is 13.0 Å². The molecule has 0 saturated carbocycles. The van der Waals surface area contributed by atoms with E-state index >= 15 is 0 Å². The Morgan fingerprint density at radius 2 is 0.781 bits per heavy atom. The molecule has 0 atom stereocenters. The summed E-state index contributed by atoms with van der Waals surface area (Å²) >= 11 is 0. The topological polar surface area (TPSA) is 57.2 Å². The van der Waals surface area contributed by atoms with E-state index in [1.165, 1.54) is 96.3 Å². The van der Waals surface area contributed by atoms with Crippen LogP contribution >= 0.6 is 7.26 Å². The molecule has 0 aliphatic rings. The van der Waals surface area contributed by atoms with Crippen LogP contribution in [0.4, 0.5) is 0 Å². The number of hydrogen-bond acceptors (Lipinski definition) is 3. The van der Waals surface area contributed by atoms with Gasteiger partial charge in [0.15, 0.2) is 0 Å². The third kappa shape index (κ3) is 25.0. The van der Waals surface area contributed by atoms with Gasteiger partial charge in [0.05, 0.1) is 34.8 Å². The fourth-order valence-corrected chi connectivity index (χ4v) is 10.0. The van der Waals surface area contributed by atoms with Crippen LogP contribution in [0.2, 0.25) is 0 Å². The molecule has 0 aliphatic heterocycles. The highest BCUT2D eigenvalue weighted by Gasteiger charge is 2.34. The minimum atomic E-state index is -3.92. The Hall–Kier alpha value is 0.340. The average Bonchev–Trinajstić information content (AvgIpc) is 2.75. The van der Waals surface area contributed by atoms with E-state index in [0.717, 1.165) is 0 Å². The maximum absolute atomic E-state index is 9.68. The van der Waals surface area contributed by atoms with Crippen molar-refractivity contribution in [1.82, 2.24) is 0 Å². The zero-order valence-electron chi connectivity index (χ0n) is 22.6. The molecule has 0 saturated heterocycles. The van der Waals surface area contributed by atoms with Crippen LogP contribution in [0.5, 0.6) is 0 Å². The van der Waals surface area contributed by atoms with Gasteiger partial charge in [-0.25, -0.2) is 8.42 Å². The van der Waals surface area contributed by atoms with Gasteiger partial charge < -0.3 is 4.55 Å². The molecule has 0 radical (unpaired) electrons. The zero-order valence-corrected chi connectivity index (χ0v) is 24.3. The summed E-state index contributed by atoms with van der Waals surface area (Å²) in [6, 6.07) is 0. The third-order valence-corrected chi connectivity index (χ3v) is 12.4. The van der Waals surface area contributed by atoms with Crippen molar-refractivity contribution in [3.05, 3.63) is 0 Å². The highest BCUT2D eigenvalue weighted by atomic mass is 32.2. The summed E-state index contributed by atoms with van der Waals surface area (Å²) < 4.78 is 29.0. The van der Waals surface area contributed by atoms with Crippen molar-refractivity contribution < 1.29 is 13.0 Å². The van der Waals surface area contributed by atoms with Crippen LogP contribution < -0.4 is 0 Å². The fourth-order valence-electron chi connectivity index (χ4n) is 4.34. The van der Waals surface area contributed by atoms with Crippen LogP contribution in [0.15, 0.2) is 0 Å². The molecule has 0 unspecified atom stereocenters. The molecular weight excluding hydrogens is 435 g/mol. The van der Waals surface area contributed by atoms with Crippen LogP contribution in [0.1, 0.15) is 144 Å². The standard InChI is InChI=1S/C24H52P.C3H8O3S/c1-5-9-13-14-15-16-17-18-19-20-24-25(21-10-6-2,22-11-7-3)23-12-8-4;1-2-3-7(4,5)6/h5-24H2,1-4H3;2-3H2,1H3,(H,4,5,6)/q+1;/p-1. The second kappa shape index (κ2) is 24.5. The molecule has 0 aromatic heterocycles. The molecule has 0 spiro atoms. The van der Waals surface area contributed by atoms with E-state index in [9.17, 15) is 13.0 Å². The largest absolute Gasteiger partial charge is 0.748 e. The molecule has 0 aromatic carbocycles. The summed E-state index contributed by atoms with van der Waals surface area (Å²) in [6.07, 6.45) is 30.4. The van der Waals surface area contributed by atoms with Crippen LogP contribution in [0.3, 0.4) is 0 Å². The van der Waals surface area contributed by atoms with Gasteiger partial charge >= 0.3 is 0 Å². The number of hydrogen-bond donors (Lipinski definition) is 0. The minimum Gasteiger partial charge on any atom is -0.748 e. The SMILES string of the molecule is CCCCCCCCCCCC[P+](CCCC)(CCCC)CCCC.CCCS(=O)(=O)[O-]. The molecule has 3 nitrogen and oxygen atoms in total. The van der Waals surface area contributed by atoms with Gasteiger partial charge in [-0.05, 0) is 38.5 Å². The van der Waals surface area contributed by atoms with E-state index in [0.29, 0.717) is 6.42 Å². The van der Waals surface area contributed by atoms with Crippen molar-refractivity contribution in [2.75, 3.05) is 30.4 Å². The van der Waals surface area contributed by atoms with Crippen LogP contribution in [0, 0.1) is 0 Å². The van der Waals surface area contributed by atoms with E-state index in [4.69, 9.17) is 0 Å². The summed E-state index contributed by atoms with van der Waals surface area (Å²) in [5, 5.41) is 0. The van der Waals surface area contributed by atoms with E-state index in [1.807, 2.05) is 0 Å². The Kier molecular flexibility index (Phi) is 26.4. The molecule has 0 rings (SSSR count). The second-order valence-corrected chi connectivity index (χ2v) is 15.7. The van der Waals surface area contributed by atoms with Gasteiger partial charge in [-0.1, -0.05) is 105 Å². The lowest BCUT2D eigenvalue weighted by molar-refractivity contribution is 0.462. The predicted molar refractivity (Wildman–Crippen MR) is 148 cm³/mol. The molecular formula is C27H59O3PS. The maximum atomic E-state index is 9.68. The van der Waals surface area contributed by atoms with Crippen LogP contribution in [0.25, 0.3) is 0 Å². The van der Waals surface area contributed by atoms with Crippen molar-refractivity contribution in [1.29, 1.82) is 0 Å². The Labute approximate surface area is 204 Å². The highest BCUT2D eigenvalue weighted by Crippen LogP contribution is 2.61. The van der Waals surface area contributed by atoms with Crippen molar-refractivity contribution in [2.45, 2.75) is 144 Å². The van der Waals surface area contributed by atoms with Gasteiger partial charge in [-0.3, -0.25) is 0 Å². The molecule has 0 N–H and O–H groups in total. The zero-order chi connectivity index (χ0) is 24.6. The monoisotopic (exact) mass is 494 g/mol. The summed E-state index contributed by atoms with van der Waals surface area (Å²) in [5.41, 5.74) is 0. The molecule has 5 heteroatoms. The average molecular weight is 495 g/mol. The molecule has 0 amide bonds. The molecule has 0 bridgehead atoms. The van der Waals surface area contributed by atoms with E-state index < -0.39 is 17.4 Å². The van der Waals surface area contributed by atoms with E-state index in [1.54, 1.807) is 38.0 Å². The lowest BCUT2D eigenvalue weighted by Crippen LogP contribution is -2.13. The first kappa shape index (κ1) is 34.5. The Balaban J connectivity index is 0. The Morgan fingerprint density at radius 3 is 1.06 bits per heavy atom. The van der Waals surface area contributed by atoms with Crippen LogP contribution in [-0.2, 0) is 10.1 Å². The van der Waals surface area contributed by atoms with E-state index in [-0.39, 0.29) is 5.75 Å². The number of rotatable bonds is 22. The third-order valence-electron chi connectivity index (χ3n) is 6.40. The molecule has 32 heavy (non-hydrogen) atoms. The lowest BCUT2D eigenvalue weighted by atomic mass is 10.1. The molecule has 196 valence electrons. The predicted octanol–water partition coefficient (Wildman–Crippen LogP) is 9.27. The Bertz CT molecular complexity index is 444. The van der Waals surface area contributed by atoms with Gasteiger partial charge in [-0.15, -0.1) is 0 Å². The van der Waals surface area contributed by atoms with Crippen molar-refractivity contribution >= 4 is 17.4 Å². The highest BCUT2D eigenvalue weighted by molar-refractivity contribution is 7.85. The summed E-state index contributed by atoms with van der Waals surface area (Å²) in [4.78, 5) is 0. The minimum absolute atomic E-state index is 0.243. The van der Waals surface area contributed by atoms with Crippen molar-refractivity contribution in [3.8, 4) is 0 Å². The first-order valence-electron chi connectivity index (χ1n) is 14.1. The smallest absolute Gasteiger partial charge is 0.0945 e. The molecule has 0 aromatic rings. The maximum Gasteiger partial charge on any atom is 0.0945 e. The van der Waals surface area contributed by atoms with Gasteiger partial charge in [-0.2, -0.15) is 0 Å². The first-order chi connectivity index (χ1) is 15.3. The lowest BCUT2D eigenvalue weighted by Gasteiger charge is -2.28. The summed E-state index contributed by atoms with van der Waals surface area (Å²) in [7, 11) is -4.54.